The van der Waals surface area contributed by atoms with E-state index in [0.717, 1.165) is 16.7 Å². The van der Waals surface area contributed by atoms with Gasteiger partial charge in [0.1, 0.15) is 12.2 Å². The van der Waals surface area contributed by atoms with Gasteiger partial charge in [-0.3, -0.25) is 9.71 Å². The van der Waals surface area contributed by atoms with Crippen LogP contribution in [0.15, 0.2) is 77.1 Å². The van der Waals surface area contributed by atoms with Gasteiger partial charge in [-0.2, -0.15) is 0 Å². The molecule has 3 aromatic rings. The molecule has 1 aliphatic rings. The Morgan fingerprint density at radius 2 is 1.65 bits per heavy atom. The molecule has 0 saturated carbocycles. The molecule has 1 aliphatic heterocycles. The zero-order chi connectivity index (χ0) is 18.1. The minimum atomic E-state index is -3.52. The maximum Gasteiger partial charge on any atom is 0.263 e. The highest BCUT2D eigenvalue weighted by molar-refractivity contribution is 7.90. The minimum absolute atomic E-state index is 0.195. The molecular formula is C19H16N4O2S. The molecule has 0 amide bonds. The van der Waals surface area contributed by atoms with Crippen LogP contribution in [0.4, 0.5) is 0 Å². The highest BCUT2D eigenvalue weighted by Crippen LogP contribution is 2.26. The number of fused-ring (bicyclic) bond motifs is 1. The SMILES string of the molecule is CC(N=C1NS(=O)(=O)c2ccccc21)c1ccc(-c2cncnc2)cc1. The number of aromatic nitrogens is 2. The van der Waals surface area contributed by atoms with Crippen molar-refractivity contribution < 1.29 is 8.42 Å². The molecule has 4 rings (SSSR count). The number of aliphatic imine (C=N–C) groups is 1. The van der Waals surface area contributed by atoms with Gasteiger partial charge in [-0.15, -0.1) is 0 Å². The van der Waals surface area contributed by atoms with Crippen LogP contribution >= 0.6 is 0 Å². The predicted octanol–water partition coefficient (Wildman–Crippen LogP) is 2.94. The Hall–Kier alpha value is -3.06. The highest BCUT2D eigenvalue weighted by Gasteiger charge is 2.30. The average Bonchev–Trinajstić information content (AvgIpc) is 2.93. The second-order valence-electron chi connectivity index (χ2n) is 6.00. The third kappa shape index (κ3) is 2.97. The van der Waals surface area contributed by atoms with E-state index in [1.165, 1.54) is 6.33 Å². The van der Waals surface area contributed by atoms with E-state index < -0.39 is 10.0 Å². The van der Waals surface area contributed by atoms with Gasteiger partial charge in [-0.25, -0.2) is 18.4 Å². The van der Waals surface area contributed by atoms with Crippen molar-refractivity contribution >= 4 is 15.9 Å². The van der Waals surface area contributed by atoms with Crippen LogP contribution in [-0.2, 0) is 10.0 Å². The fourth-order valence-electron chi connectivity index (χ4n) is 2.90. The lowest BCUT2D eigenvalue weighted by Gasteiger charge is -2.10. The van der Waals surface area contributed by atoms with Gasteiger partial charge in [-0.05, 0) is 30.2 Å². The van der Waals surface area contributed by atoms with E-state index >= 15 is 0 Å². The summed E-state index contributed by atoms with van der Waals surface area (Å²) in [6.07, 6.45) is 5.02. The molecule has 7 heteroatoms. The van der Waals surface area contributed by atoms with Gasteiger partial charge in [0.15, 0.2) is 0 Å². The Labute approximate surface area is 151 Å². The number of hydrogen-bond donors (Lipinski definition) is 1. The Morgan fingerprint density at radius 1 is 0.962 bits per heavy atom. The first-order valence-electron chi connectivity index (χ1n) is 8.10. The van der Waals surface area contributed by atoms with Crippen molar-refractivity contribution in [3.63, 3.8) is 0 Å². The molecule has 1 aromatic heterocycles. The third-order valence-corrected chi connectivity index (χ3v) is 5.67. The van der Waals surface area contributed by atoms with Crippen molar-refractivity contribution in [2.75, 3.05) is 0 Å². The molecule has 0 radical (unpaired) electrons. The number of amidine groups is 1. The van der Waals surface area contributed by atoms with E-state index in [1.807, 2.05) is 31.2 Å². The smallest absolute Gasteiger partial charge is 0.263 e. The highest BCUT2D eigenvalue weighted by atomic mass is 32.2. The van der Waals surface area contributed by atoms with Crippen molar-refractivity contribution in [2.45, 2.75) is 17.9 Å². The maximum absolute atomic E-state index is 12.2. The van der Waals surface area contributed by atoms with Crippen LogP contribution in [0.3, 0.4) is 0 Å². The van der Waals surface area contributed by atoms with Crippen LogP contribution in [0.25, 0.3) is 11.1 Å². The van der Waals surface area contributed by atoms with Gasteiger partial charge in [-0.1, -0.05) is 36.4 Å². The summed E-state index contributed by atoms with van der Waals surface area (Å²) < 4.78 is 26.9. The largest absolute Gasteiger partial charge is 0.263 e. The van der Waals surface area contributed by atoms with E-state index in [-0.39, 0.29) is 10.9 Å². The molecule has 0 saturated heterocycles. The molecule has 26 heavy (non-hydrogen) atoms. The van der Waals surface area contributed by atoms with Crippen molar-refractivity contribution in [2.24, 2.45) is 4.99 Å². The van der Waals surface area contributed by atoms with Crippen LogP contribution in [0.5, 0.6) is 0 Å². The van der Waals surface area contributed by atoms with E-state index in [4.69, 9.17) is 0 Å². The number of rotatable bonds is 3. The van der Waals surface area contributed by atoms with Crippen LogP contribution in [0.2, 0.25) is 0 Å². The molecule has 130 valence electrons. The van der Waals surface area contributed by atoms with Crippen molar-refractivity contribution in [1.82, 2.24) is 14.7 Å². The molecule has 1 unspecified atom stereocenters. The van der Waals surface area contributed by atoms with Crippen LogP contribution < -0.4 is 4.72 Å². The van der Waals surface area contributed by atoms with Crippen LogP contribution in [-0.4, -0.2) is 24.2 Å². The number of hydrogen-bond acceptors (Lipinski definition) is 5. The maximum atomic E-state index is 12.2. The summed E-state index contributed by atoms with van der Waals surface area (Å²) in [4.78, 5) is 12.9. The molecule has 0 spiro atoms. The van der Waals surface area contributed by atoms with Gasteiger partial charge in [0.05, 0.1) is 10.9 Å². The monoisotopic (exact) mass is 364 g/mol. The number of sulfonamides is 1. The lowest BCUT2D eigenvalue weighted by atomic mass is 10.0. The second kappa shape index (κ2) is 6.34. The Bertz CT molecular complexity index is 1080. The Morgan fingerprint density at radius 3 is 2.38 bits per heavy atom. The van der Waals surface area contributed by atoms with E-state index in [9.17, 15) is 8.42 Å². The van der Waals surface area contributed by atoms with Crippen molar-refractivity contribution in [3.05, 3.63) is 78.4 Å². The zero-order valence-corrected chi connectivity index (χ0v) is 14.8. The summed E-state index contributed by atoms with van der Waals surface area (Å²) in [6, 6.07) is 14.6. The summed E-state index contributed by atoms with van der Waals surface area (Å²) in [7, 11) is -3.52. The van der Waals surface area contributed by atoms with E-state index in [2.05, 4.69) is 19.7 Å². The first-order valence-corrected chi connectivity index (χ1v) is 9.58. The van der Waals surface area contributed by atoms with Gasteiger partial charge in [0, 0.05) is 23.5 Å². The Balaban J connectivity index is 1.63. The fourth-order valence-corrected chi connectivity index (χ4v) is 4.14. The second-order valence-corrected chi connectivity index (χ2v) is 7.66. The van der Waals surface area contributed by atoms with Gasteiger partial charge in [0.2, 0.25) is 0 Å². The lowest BCUT2D eigenvalue weighted by Crippen LogP contribution is -2.22. The summed E-state index contributed by atoms with van der Waals surface area (Å²) >= 11 is 0. The first-order chi connectivity index (χ1) is 12.5. The molecular weight excluding hydrogens is 348 g/mol. The van der Waals surface area contributed by atoms with Crippen LogP contribution in [0.1, 0.15) is 24.1 Å². The zero-order valence-electron chi connectivity index (χ0n) is 14.0. The Kier molecular flexibility index (Phi) is 4.00. The normalized spacial score (nSPS) is 17.5. The molecule has 2 heterocycles. The lowest BCUT2D eigenvalue weighted by molar-refractivity contribution is 0.595. The number of benzene rings is 2. The quantitative estimate of drug-likeness (QED) is 0.774. The molecule has 2 aromatic carbocycles. The summed E-state index contributed by atoms with van der Waals surface area (Å²) in [5, 5.41) is 0. The molecule has 0 bridgehead atoms. The van der Waals surface area contributed by atoms with Gasteiger partial charge >= 0.3 is 0 Å². The van der Waals surface area contributed by atoms with E-state index in [1.54, 1.807) is 36.7 Å². The summed E-state index contributed by atoms with van der Waals surface area (Å²) in [6.45, 7) is 1.93. The van der Waals surface area contributed by atoms with Crippen LogP contribution in [0, 0.1) is 0 Å². The van der Waals surface area contributed by atoms with Gasteiger partial charge in [0.25, 0.3) is 10.0 Å². The molecule has 1 N–H and O–H groups in total. The van der Waals surface area contributed by atoms with Crippen molar-refractivity contribution in [1.29, 1.82) is 0 Å². The first kappa shape index (κ1) is 16.4. The average molecular weight is 364 g/mol. The number of nitrogens with zero attached hydrogens (tertiary/aromatic N) is 3. The standard InChI is InChI=1S/C19H16N4O2S/c1-13(14-6-8-15(9-7-14)16-10-20-12-21-11-16)22-19-17-4-2-3-5-18(17)26(24,25)23-19/h2-13H,1H3,(H,22,23). The molecule has 1 atom stereocenters. The topological polar surface area (TPSA) is 84.3 Å². The summed E-state index contributed by atoms with van der Waals surface area (Å²) in [5.41, 5.74) is 3.55. The fraction of sp³-hybridized carbons (Fsp3) is 0.105. The summed E-state index contributed by atoms with van der Waals surface area (Å²) in [5.74, 6) is 0.383. The van der Waals surface area contributed by atoms with E-state index in [0.29, 0.717) is 11.4 Å². The predicted molar refractivity (Wildman–Crippen MR) is 99.2 cm³/mol. The van der Waals surface area contributed by atoms with Gasteiger partial charge < -0.3 is 0 Å². The third-order valence-electron chi connectivity index (χ3n) is 4.27. The molecule has 0 fully saturated rings. The molecule has 0 aliphatic carbocycles. The minimum Gasteiger partial charge on any atom is -0.263 e. The molecule has 6 nitrogen and oxygen atoms in total. The number of nitrogens with one attached hydrogen (secondary N) is 1. The van der Waals surface area contributed by atoms with Crippen molar-refractivity contribution in [3.8, 4) is 11.1 Å².